The van der Waals surface area contributed by atoms with Crippen LogP contribution in [0.3, 0.4) is 0 Å². The Bertz CT molecular complexity index is 87.7. The van der Waals surface area contributed by atoms with E-state index in [-0.39, 0.29) is 24.0 Å². The predicted octanol–water partition coefficient (Wildman–Crippen LogP) is 0.918. The highest BCUT2D eigenvalue weighted by Crippen LogP contribution is 1.99. The van der Waals surface area contributed by atoms with Gasteiger partial charge in [-0.1, -0.05) is 6.92 Å². The molecule has 0 aromatic rings. The molecule has 1 heterocycles. The number of piperazine rings is 1. The third-order valence-electron chi connectivity index (χ3n) is 2.05. The zero-order chi connectivity index (χ0) is 6.69. The zero-order valence-corrected chi connectivity index (χ0v) is 9.09. The highest BCUT2D eigenvalue weighted by molar-refractivity contribution is 14.0. The molecule has 10 heavy (non-hydrogen) atoms. The van der Waals surface area contributed by atoms with Gasteiger partial charge in [-0.15, -0.1) is 24.0 Å². The minimum absolute atomic E-state index is 0. The van der Waals surface area contributed by atoms with Crippen LogP contribution in [-0.2, 0) is 0 Å². The van der Waals surface area contributed by atoms with Gasteiger partial charge in [0.25, 0.3) is 0 Å². The SMILES string of the molecule is CCN1CCNCC1C.I. The molecule has 1 aliphatic rings. The molecule has 0 bridgehead atoms. The second-order valence-corrected chi connectivity index (χ2v) is 2.68. The summed E-state index contributed by atoms with van der Waals surface area (Å²) in [5.74, 6) is 0. The molecule has 1 rings (SSSR count). The molecule has 0 aliphatic carbocycles. The monoisotopic (exact) mass is 256 g/mol. The van der Waals surface area contributed by atoms with Crippen LogP contribution >= 0.6 is 24.0 Å². The molecule has 0 aromatic carbocycles. The van der Waals surface area contributed by atoms with Crippen LogP contribution in [0.1, 0.15) is 13.8 Å². The molecule has 0 saturated carbocycles. The van der Waals surface area contributed by atoms with Crippen LogP contribution in [0, 0.1) is 0 Å². The van der Waals surface area contributed by atoms with Crippen LogP contribution in [0.5, 0.6) is 0 Å². The zero-order valence-electron chi connectivity index (χ0n) is 6.76. The van der Waals surface area contributed by atoms with Crippen molar-refractivity contribution in [2.75, 3.05) is 26.2 Å². The molecule has 1 aliphatic heterocycles. The third-order valence-corrected chi connectivity index (χ3v) is 2.05. The van der Waals surface area contributed by atoms with Crippen molar-refractivity contribution in [1.82, 2.24) is 10.2 Å². The first-order valence-corrected chi connectivity index (χ1v) is 3.79. The Hall–Kier alpha value is 0.650. The van der Waals surface area contributed by atoms with Crippen molar-refractivity contribution in [3.05, 3.63) is 0 Å². The van der Waals surface area contributed by atoms with E-state index in [1.165, 1.54) is 13.1 Å². The molecule has 0 aromatic heterocycles. The lowest BCUT2D eigenvalue weighted by molar-refractivity contribution is 0.183. The van der Waals surface area contributed by atoms with Gasteiger partial charge >= 0.3 is 0 Å². The molecule has 3 heteroatoms. The Morgan fingerprint density at radius 1 is 1.60 bits per heavy atom. The normalized spacial score (nSPS) is 27.6. The first-order valence-electron chi connectivity index (χ1n) is 3.79. The number of nitrogens with one attached hydrogen (secondary N) is 1. The van der Waals surface area contributed by atoms with Crippen LogP contribution in [0.25, 0.3) is 0 Å². The van der Waals surface area contributed by atoms with Gasteiger partial charge in [0, 0.05) is 25.7 Å². The van der Waals surface area contributed by atoms with E-state index in [2.05, 4.69) is 24.1 Å². The van der Waals surface area contributed by atoms with Gasteiger partial charge in [-0.2, -0.15) is 0 Å². The van der Waals surface area contributed by atoms with Gasteiger partial charge in [-0.05, 0) is 13.5 Å². The van der Waals surface area contributed by atoms with Gasteiger partial charge in [0.2, 0.25) is 0 Å². The van der Waals surface area contributed by atoms with Crippen LogP contribution in [-0.4, -0.2) is 37.1 Å². The molecule has 1 unspecified atom stereocenters. The fourth-order valence-electron chi connectivity index (χ4n) is 1.35. The fraction of sp³-hybridized carbons (Fsp3) is 1.00. The van der Waals surface area contributed by atoms with Gasteiger partial charge in [0.15, 0.2) is 0 Å². The van der Waals surface area contributed by atoms with E-state index in [4.69, 9.17) is 0 Å². The predicted molar refractivity (Wildman–Crippen MR) is 55.0 cm³/mol. The average molecular weight is 256 g/mol. The largest absolute Gasteiger partial charge is 0.314 e. The number of halogens is 1. The summed E-state index contributed by atoms with van der Waals surface area (Å²) in [6, 6.07) is 0.740. The van der Waals surface area contributed by atoms with Crippen molar-refractivity contribution >= 4 is 24.0 Å². The average Bonchev–Trinajstić information content (AvgIpc) is 1.89. The summed E-state index contributed by atoms with van der Waals surface area (Å²) in [5.41, 5.74) is 0. The smallest absolute Gasteiger partial charge is 0.0192 e. The molecule has 1 N–H and O–H groups in total. The summed E-state index contributed by atoms with van der Waals surface area (Å²) in [6.45, 7) is 9.24. The van der Waals surface area contributed by atoms with E-state index in [9.17, 15) is 0 Å². The van der Waals surface area contributed by atoms with Crippen LogP contribution < -0.4 is 5.32 Å². The minimum Gasteiger partial charge on any atom is -0.314 e. The Balaban J connectivity index is 0.000000810. The lowest BCUT2D eigenvalue weighted by Gasteiger charge is -2.32. The highest BCUT2D eigenvalue weighted by Gasteiger charge is 2.14. The minimum atomic E-state index is 0. The molecular weight excluding hydrogens is 239 g/mol. The van der Waals surface area contributed by atoms with E-state index >= 15 is 0 Å². The van der Waals surface area contributed by atoms with Crippen LogP contribution in [0.15, 0.2) is 0 Å². The quantitative estimate of drug-likeness (QED) is 0.702. The Morgan fingerprint density at radius 3 is 2.70 bits per heavy atom. The lowest BCUT2D eigenvalue weighted by Crippen LogP contribution is -2.49. The summed E-state index contributed by atoms with van der Waals surface area (Å²) < 4.78 is 0. The van der Waals surface area contributed by atoms with Crippen molar-refractivity contribution < 1.29 is 0 Å². The molecular formula is C7H17IN2. The molecule has 0 radical (unpaired) electrons. The lowest BCUT2D eigenvalue weighted by atomic mass is 10.2. The van der Waals surface area contributed by atoms with Gasteiger partial charge < -0.3 is 5.32 Å². The fourth-order valence-corrected chi connectivity index (χ4v) is 1.35. The maximum absolute atomic E-state index is 3.36. The van der Waals surface area contributed by atoms with Crippen LogP contribution in [0.4, 0.5) is 0 Å². The number of nitrogens with zero attached hydrogens (tertiary/aromatic N) is 1. The van der Waals surface area contributed by atoms with Crippen molar-refractivity contribution in [1.29, 1.82) is 0 Å². The summed E-state index contributed by atoms with van der Waals surface area (Å²) >= 11 is 0. The molecule has 62 valence electrons. The number of likely N-dealkylation sites (N-methyl/N-ethyl adjacent to an activating group) is 1. The van der Waals surface area contributed by atoms with Crippen LogP contribution in [0.2, 0.25) is 0 Å². The maximum Gasteiger partial charge on any atom is 0.0192 e. The standard InChI is InChI=1S/C7H16N2.HI/c1-3-9-5-4-8-6-7(9)2;/h7-8H,3-6H2,1-2H3;1H. The summed E-state index contributed by atoms with van der Waals surface area (Å²) in [5, 5.41) is 3.36. The van der Waals surface area contributed by atoms with Gasteiger partial charge in [-0.3, -0.25) is 4.90 Å². The molecule has 2 nitrogen and oxygen atoms in total. The van der Waals surface area contributed by atoms with Gasteiger partial charge in [0.1, 0.15) is 0 Å². The summed E-state index contributed by atoms with van der Waals surface area (Å²) in [6.07, 6.45) is 0. The van der Waals surface area contributed by atoms with E-state index in [0.717, 1.165) is 19.1 Å². The second-order valence-electron chi connectivity index (χ2n) is 2.68. The number of hydrogen-bond acceptors (Lipinski definition) is 2. The number of hydrogen-bond donors (Lipinski definition) is 1. The third kappa shape index (κ3) is 2.72. The van der Waals surface area contributed by atoms with E-state index in [1.54, 1.807) is 0 Å². The molecule has 0 amide bonds. The number of rotatable bonds is 1. The molecule has 1 saturated heterocycles. The van der Waals surface area contributed by atoms with Crippen molar-refractivity contribution in [3.63, 3.8) is 0 Å². The molecule has 1 atom stereocenters. The van der Waals surface area contributed by atoms with E-state index in [1.807, 2.05) is 0 Å². The van der Waals surface area contributed by atoms with E-state index in [0.29, 0.717) is 0 Å². The second kappa shape index (κ2) is 5.32. The first-order chi connectivity index (χ1) is 4.34. The molecule has 0 spiro atoms. The highest BCUT2D eigenvalue weighted by atomic mass is 127. The van der Waals surface area contributed by atoms with Crippen molar-refractivity contribution in [3.8, 4) is 0 Å². The topological polar surface area (TPSA) is 15.3 Å². The summed E-state index contributed by atoms with van der Waals surface area (Å²) in [7, 11) is 0. The maximum atomic E-state index is 3.36. The molecule has 1 fully saturated rings. The Labute approximate surface area is 80.4 Å². The van der Waals surface area contributed by atoms with Gasteiger partial charge in [0.05, 0.1) is 0 Å². The summed E-state index contributed by atoms with van der Waals surface area (Å²) in [4.78, 5) is 2.50. The Kier molecular flexibility index (Phi) is 5.67. The first kappa shape index (κ1) is 10.7. The van der Waals surface area contributed by atoms with Gasteiger partial charge in [-0.25, -0.2) is 0 Å². The van der Waals surface area contributed by atoms with E-state index < -0.39 is 0 Å². The van der Waals surface area contributed by atoms with Crippen molar-refractivity contribution in [2.45, 2.75) is 19.9 Å². The Morgan fingerprint density at radius 2 is 2.30 bits per heavy atom. The van der Waals surface area contributed by atoms with Crippen molar-refractivity contribution in [2.24, 2.45) is 0 Å².